The van der Waals surface area contributed by atoms with Crippen molar-refractivity contribution in [2.75, 3.05) is 11.9 Å². The first kappa shape index (κ1) is 15.9. The fourth-order valence-electron chi connectivity index (χ4n) is 1.88. The van der Waals surface area contributed by atoms with Gasteiger partial charge in [0.05, 0.1) is 0 Å². The Labute approximate surface area is 117 Å². The number of nitrogens with one attached hydrogen (secondary N) is 2. The first-order valence-electron chi connectivity index (χ1n) is 7.36. The lowest BCUT2D eigenvalue weighted by Crippen LogP contribution is -2.23. The van der Waals surface area contributed by atoms with E-state index >= 15 is 0 Å². The largest absolute Gasteiger partial charge is 0.354 e. The van der Waals surface area contributed by atoms with Gasteiger partial charge in [-0.1, -0.05) is 40.5 Å². The molecular weight excluding hydrogens is 236 g/mol. The third-order valence-electron chi connectivity index (χ3n) is 3.49. The Morgan fingerprint density at radius 1 is 1.21 bits per heavy atom. The van der Waals surface area contributed by atoms with Gasteiger partial charge < -0.3 is 10.6 Å². The van der Waals surface area contributed by atoms with E-state index in [1.54, 1.807) is 0 Å². The SMILES string of the molecule is CCC(CC)CNc1ncc(CNC(C)C)c(C)n1. The van der Waals surface area contributed by atoms with Gasteiger partial charge >= 0.3 is 0 Å². The van der Waals surface area contributed by atoms with Crippen molar-refractivity contribution in [3.8, 4) is 0 Å². The molecule has 0 saturated carbocycles. The van der Waals surface area contributed by atoms with E-state index in [0.29, 0.717) is 12.0 Å². The van der Waals surface area contributed by atoms with Crippen LogP contribution in [0.1, 0.15) is 51.8 Å². The lowest BCUT2D eigenvalue weighted by Gasteiger charge is -2.14. The van der Waals surface area contributed by atoms with E-state index in [9.17, 15) is 0 Å². The summed E-state index contributed by atoms with van der Waals surface area (Å²) in [7, 11) is 0. The molecule has 0 fully saturated rings. The van der Waals surface area contributed by atoms with Crippen molar-refractivity contribution in [3.63, 3.8) is 0 Å². The van der Waals surface area contributed by atoms with Gasteiger partial charge in [-0.25, -0.2) is 9.97 Å². The third-order valence-corrected chi connectivity index (χ3v) is 3.49. The van der Waals surface area contributed by atoms with Gasteiger partial charge in [0.1, 0.15) is 0 Å². The quantitative estimate of drug-likeness (QED) is 0.757. The summed E-state index contributed by atoms with van der Waals surface area (Å²) in [6.45, 7) is 12.6. The maximum atomic E-state index is 4.53. The summed E-state index contributed by atoms with van der Waals surface area (Å²) in [4.78, 5) is 8.93. The molecule has 0 saturated heterocycles. The average molecular weight is 264 g/mol. The van der Waals surface area contributed by atoms with Crippen LogP contribution in [0.4, 0.5) is 5.95 Å². The molecule has 0 spiro atoms. The molecule has 0 radical (unpaired) electrons. The molecule has 0 aliphatic rings. The number of hydrogen-bond donors (Lipinski definition) is 2. The predicted molar refractivity (Wildman–Crippen MR) is 81.3 cm³/mol. The molecule has 0 aliphatic heterocycles. The minimum absolute atomic E-state index is 0.479. The Morgan fingerprint density at radius 3 is 2.42 bits per heavy atom. The van der Waals surface area contributed by atoms with Crippen molar-refractivity contribution < 1.29 is 0 Å². The summed E-state index contributed by atoms with van der Waals surface area (Å²) in [5.74, 6) is 1.45. The van der Waals surface area contributed by atoms with E-state index < -0.39 is 0 Å². The van der Waals surface area contributed by atoms with Crippen LogP contribution < -0.4 is 10.6 Å². The van der Waals surface area contributed by atoms with Crippen LogP contribution >= 0.6 is 0 Å². The molecule has 4 nitrogen and oxygen atoms in total. The normalized spacial score (nSPS) is 11.3. The summed E-state index contributed by atoms with van der Waals surface area (Å²) >= 11 is 0. The summed E-state index contributed by atoms with van der Waals surface area (Å²) in [5.41, 5.74) is 2.22. The van der Waals surface area contributed by atoms with E-state index in [4.69, 9.17) is 0 Å². The molecule has 19 heavy (non-hydrogen) atoms. The van der Waals surface area contributed by atoms with Crippen molar-refractivity contribution >= 4 is 5.95 Å². The third kappa shape index (κ3) is 5.55. The van der Waals surface area contributed by atoms with Crippen molar-refractivity contribution in [2.45, 2.75) is 60.0 Å². The minimum Gasteiger partial charge on any atom is -0.354 e. The van der Waals surface area contributed by atoms with Crippen LogP contribution in [0.25, 0.3) is 0 Å². The molecule has 0 aromatic carbocycles. The highest BCUT2D eigenvalue weighted by molar-refractivity contribution is 5.29. The molecule has 0 atom stereocenters. The highest BCUT2D eigenvalue weighted by atomic mass is 15.1. The number of nitrogens with zero attached hydrogens (tertiary/aromatic N) is 2. The molecular formula is C15H28N4. The van der Waals surface area contributed by atoms with Gasteiger partial charge in [-0.05, 0) is 12.8 Å². The second kappa shape index (κ2) is 8.10. The molecule has 1 rings (SSSR count). The van der Waals surface area contributed by atoms with Gasteiger partial charge in [-0.3, -0.25) is 0 Å². The Hall–Kier alpha value is -1.16. The molecule has 0 bridgehead atoms. The number of rotatable bonds is 8. The van der Waals surface area contributed by atoms with Crippen LogP contribution in [-0.2, 0) is 6.54 Å². The van der Waals surface area contributed by atoms with Gasteiger partial charge in [-0.15, -0.1) is 0 Å². The Morgan fingerprint density at radius 2 is 1.89 bits per heavy atom. The molecule has 1 heterocycles. The smallest absolute Gasteiger partial charge is 0.222 e. The topological polar surface area (TPSA) is 49.8 Å². The highest BCUT2D eigenvalue weighted by Crippen LogP contribution is 2.10. The fourth-order valence-corrected chi connectivity index (χ4v) is 1.88. The van der Waals surface area contributed by atoms with Gasteiger partial charge in [0.25, 0.3) is 0 Å². The zero-order chi connectivity index (χ0) is 14.3. The molecule has 0 unspecified atom stereocenters. The zero-order valence-electron chi connectivity index (χ0n) is 13.0. The van der Waals surface area contributed by atoms with Crippen LogP contribution in [0.3, 0.4) is 0 Å². The molecule has 1 aromatic heterocycles. The van der Waals surface area contributed by atoms with E-state index in [2.05, 4.69) is 48.3 Å². The fraction of sp³-hybridized carbons (Fsp3) is 0.733. The molecule has 0 aliphatic carbocycles. The lowest BCUT2D eigenvalue weighted by molar-refractivity contribution is 0.517. The van der Waals surface area contributed by atoms with E-state index in [1.165, 1.54) is 18.4 Å². The van der Waals surface area contributed by atoms with Gasteiger partial charge in [-0.2, -0.15) is 0 Å². The molecule has 1 aromatic rings. The lowest BCUT2D eigenvalue weighted by atomic mass is 10.0. The van der Waals surface area contributed by atoms with Crippen molar-refractivity contribution in [2.24, 2.45) is 5.92 Å². The maximum Gasteiger partial charge on any atom is 0.222 e. The molecule has 2 N–H and O–H groups in total. The van der Waals surface area contributed by atoms with Crippen LogP contribution in [0.15, 0.2) is 6.20 Å². The van der Waals surface area contributed by atoms with E-state index in [0.717, 1.165) is 24.7 Å². The minimum atomic E-state index is 0.479. The van der Waals surface area contributed by atoms with Gasteiger partial charge in [0.15, 0.2) is 0 Å². The highest BCUT2D eigenvalue weighted by Gasteiger charge is 2.06. The number of aryl methyl sites for hydroxylation is 1. The number of hydrogen-bond acceptors (Lipinski definition) is 4. The maximum absolute atomic E-state index is 4.53. The standard InChI is InChI=1S/C15H28N4/c1-6-13(7-2)8-17-15-18-10-14(12(5)19-15)9-16-11(3)4/h10-11,13,16H,6-9H2,1-5H3,(H,17,18,19). The molecule has 108 valence electrons. The summed E-state index contributed by atoms with van der Waals surface area (Å²) < 4.78 is 0. The van der Waals surface area contributed by atoms with Crippen LogP contribution in [0.2, 0.25) is 0 Å². The predicted octanol–water partition coefficient (Wildman–Crippen LogP) is 3.13. The van der Waals surface area contributed by atoms with Gasteiger partial charge in [0.2, 0.25) is 5.95 Å². The van der Waals surface area contributed by atoms with Gasteiger partial charge in [0, 0.05) is 36.6 Å². The summed E-state index contributed by atoms with van der Waals surface area (Å²) in [6, 6.07) is 0.479. The second-order valence-electron chi connectivity index (χ2n) is 5.40. The Kier molecular flexibility index (Phi) is 6.78. The van der Waals surface area contributed by atoms with Crippen LogP contribution in [-0.4, -0.2) is 22.6 Å². The van der Waals surface area contributed by atoms with E-state index in [-0.39, 0.29) is 0 Å². The summed E-state index contributed by atoms with van der Waals surface area (Å²) in [5, 5.41) is 6.73. The number of anilines is 1. The average Bonchev–Trinajstić information content (AvgIpc) is 2.38. The van der Waals surface area contributed by atoms with E-state index in [1.807, 2.05) is 13.1 Å². The second-order valence-corrected chi connectivity index (χ2v) is 5.40. The summed E-state index contributed by atoms with van der Waals surface area (Å²) in [6.07, 6.45) is 4.31. The van der Waals surface area contributed by atoms with Crippen LogP contribution in [0.5, 0.6) is 0 Å². The number of aromatic nitrogens is 2. The first-order valence-corrected chi connectivity index (χ1v) is 7.36. The Bertz CT molecular complexity index is 372. The van der Waals surface area contributed by atoms with Crippen LogP contribution in [0, 0.1) is 12.8 Å². The van der Waals surface area contributed by atoms with Crippen molar-refractivity contribution in [1.29, 1.82) is 0 Å². The monoisotopic (exact) mass is 264 g/mol. The zero-order valence-corrected chi connectivity index (χ0v) is 13.0. The molecule has 0 amide bonds. The van der Waals surface area contributed by atoms with Crippen molar-refractivity contribution in [1.82, 2.24) is 15.3 Å². The van der Waals surface area contributed by atoms with Crippen molar-refractivity contribution in [3.05, 3.63) is 17.5 Å². The first-order chi connectivity index (χ1) is 9.06. The Balaban J connectivity index is 2.56. The molecule has 4 heteroatoms.